The molecular weight excluding hydrogens is 234 g/mol. The normalized spacial score (nSPS) is 37.8. The van der Waals surface area contributed by atoms with Crippen LogP contribution in [0.1, 0.15) is 56.7 Å². The summed E-state index contributed by atoms with van der Waals surface area (Å²) in [5.74, 6) is 2.43. The fraction of sp³-hybridized carbons (Fsp3) is 0.647. The Balaban J connectivity index is 1.94. The summed E-state index contributed by atoms with van der Waals surface area (Å²) in [4.78, 5) is 0. The first kappa shape index (κ1) is 13.0. The molecule has 1 aliphatic carbocycles. The average molecular weight is 259 g/mol. The van der Waals surface area contributed by atoms with E-state index in [2.05, 4.69) is 39.0 Å². The maximum absolute atomic E-state index is 6.47. The van der Waals surface area contributed by atoms with Gasteiger partial charge in [-0.2, -0.15) is 0 Å². The van der Waals surface area contributed by atoms with Crippen LogP contribution in [0.3, 0.4) is 0 Å². The minimum atomic E-state index is -0.0197. The standard InChI is InChI=1S/C17H25NO/c1-11-4-5-16-14(9-11)15(18)10-17(19-16)7-6-12(2)8-13(17)3/h4-5,9,12-13,15H,6-8,10,18H2,1-3H3. The van der Waals surface area contributed by atoms with Gasteiger partial charge >= 0.3 is 0 Å². The molecule has 1 fully saturated rings. The van der Waals surface area contributed by atoms with Gasteiger partial charge in [0.2, 0.25) is 0 Å². The second-order valence-corrected chi connectivity index (χ2v) is 6.80. The molecular formula is C17H25NO. The quantitative estimate of drug-likeness (QED) is 0.765. The van der Waals surface area contributed by atoms with Crippen LogP contribution in [0.4, 0.5) is 0 Å². The van der Waals surface area contributed by atoms with Crippen molar-refractivity contribution in [3.8, 4) is 5.75 Å². The van der Waals surface area contributed by atoms with E-state index in [1.165, 1.54) is 24.0 Å². The first-order chi connectivity index (χ1) is 9.00. The summed E-state index contributed by atoms with van der Waals surface area (Å²) in [5, 5.41) is 0. The summed E-state index contributed by atoms with van der Waals surface area (Å²) in [5.41, 5.74) is 8.87. The van der Waals surface area contributed by atoms with Gasteiger partial charge in [0.15, 0.2) is 0 Å². The number of rotatable bonds is 0. The second-order valence-electron chi connectivity index (χ2n) is 6.80. The van der Waals surface area contributed by atoms with Crippen LogP contribution < -0.4 is 10.5 Å². The van der Waals surface area contributed by atoms with Crippen molar-refractivity contribution in [1.29, 1.82) is 0 Å². The van der Waals surface area contributed by atoms with E-state index in [4.69, 9.17) is 10.5 Å². The summed E-state index contributed by atoms with van der Waals surface area (Å²) < 4.78 is 6.47. The smallest absolute Gasteiger partial charge is 0.124 e. The van der Waals surface area contributed by atoms with Gasteiger partial charge in [-0.15, -0.1) is 0 Å². The zero-order valence-corrected chi connectivity index (χ0v) is 12.3. The molecule has 4 atom stereocenters. The fourth-order valence-electron chi connectivity index (χ4n) is 3.92. The van der Waals surface area contributed by atoms with E-state index < -0.39 is 0 Å². The number of nitrogens with two attached hydrogens (primary N) is 1. The Kier molecular flexibility index (Phi) is 3.09. The van der Waals surface area contributed by atoms with E-state index >= 15 is 0 Å². The molecule has 2 aliphatic rings. The van der Waals surface area contributed by atoms with Gasteiger partial charge in [-0.3, -0.25) is 0 Å². The average Bonchev–Trinajstić information content (AvgIpc) is 2.36. The summed E-state index contributed by atoms with van der Waals surface area (Å²) in [6.07, 6.45) is 4.64. The summed E-state index contributed by atoms with van der Waals surface area (Å²) >= 11 is 0. The molecule has 2 N–H and O–H groups in total. The van der Waals surface area contributed by atoms with Gasteiger partial charge in [-0.05, 0) is 44.1 Å². The molecule has 0 aromatic heterocycles. The molecule has 1 aromatic carbocycles. The number of fused-ring (bicyclic) bond motifs is 1. The van der Waals surface area contributed by atoms with Gasteiger partial charge in [0, 0.05) is 18.0 Å². The van der Waals surface area contributed by atoms with Crippen molar-refractivity contribution in [2.24, 2.45) is 17.6 Å². The zero-order valence-electron chi connectivity index (χ0n) is 12.3. The van der Waals surface area contributed by atoms with Crippen molar-refractivity contribution in [1.82, 2.24) is 0 Å². The van der Waals surface area contributed by atoms with E-state index in [-0.39, 0.29) is 11.6 Å². The summed E-state index contributed by atoms with van der Waals surface area (Å²) in [6.45, 7) is 6.80. The van der Waals surface area contributed by atoms with Gasteiger partial charge in [0.25, 0.3) is 0 Å². The highest BCUT2D eigenvalue weighted by molar-refractivity contribution is 5.41. The minimum absolute atomic E-state index is 0.0197. The van der Waals surface area contributed by atoms with Gasteiger partial charge in [-0.1, -0.05) is 31.5 Å². The highest BCUT2D eigenvalue weighted by Crippen LogP contribution is 2.49. The number of benzene rings is 1. The molecule has 1 aliphatic heterocycles. The molecule has 2 nitrogen and oxygen atoms in total. The Labute approximate surface area is 116 Å². The van der Waals surface area contributed by atoms with Crippen molar-refractivity contribution < 1.29 is 4.74 Å². The van der Waals surface area contributed by atoms with Gasteiger partial charge < -0.3 is 10.5 Å². The lowest BCUT2D eigenvalue weighted by molar-refractivity contribution is -0.0519. The van der Waals surface area contributed by atoms with Crippen LogP contribution in [0.5, 0.6) is 5.75 Å². The van der Waals surface area contributed by atoms with E-state index in [9.17, 15) is 0 Å². The second kappa shape index (κ2) is 4.52. The van der Waals surface area contributed by atoms with Crippen LogP contribution in [0, 0.1) is 18.8 Å². The molecule has 1 aromatic rings. The molecule has 19 heavy (non-hydrogen) atoms. The van der Waals surface area contributed by atoms with E-state index in [1.54, 1.807) is 0 Å². The molecule has 1 spiro atoms. The summed E-state index contributed by atoms with van der Waals surface area (Å²) in [6, 6.07) is 6.54. The first-order valence-electron chi connectivity index (χ1n) is 7.55. The maximum Gasteiger partial charge on any atom is 0.124 e. The minimum Gasteiger partial charge on any atom is -0.487 e. The topological polar surface area (TPSA) is 35.2 Å². The lowest BCUT2D eigenvalue weighted by atomic mass is 9.68. The third-order valence-electron chi connectivity index (χ3n) is 5.16. The van der Waals surface area contributed by atoms with Crippen molar-refractivity contribution in [3.63, 3.8) is 0 Å². The predicted molar refractivity (Wildman–Crippen MR) is 78.3 cm³/mol. The maximum atomic E-state index is 6.47. The molecule has 0 radical (unpaired) electrons. The highest BCUT2D eigenvalue weighted by Gasteiger charge is 2.46. The van der Waals surface area contributed by atoms with Crippen molar-refractivity contribution in [3.05, 3.63) is 29.3 Å². The van der Waals surface area contributed by atoms with Crippen LogP contribution in [-0.2, 0) is 0 Å². The lowest BCUT2D eigenvalue weighted by Gasteiger charge is -2.49. The molecule has 3 rings (SSSR count). The van der Waals surface area contributed by atoms with Crippen LogP contribution in [0.2, 0.25) is 0 Å². The lowest BCUT2D eigenvalue weighted by Crippen LogP contribution is -2.50. The van der Waals surface area contributed by atoms with Crippen molar-refractivity contribution in [2.75, 3.05) is 0 Å². The largest absolute Gasteiger partial charge is 0.487 e. The number of ether oxygens (including phenoxy) is 1. The Hall–Kier alpha value is -1.02. The third-order valence-corrected chi connectivity index (χ3v) is 5.16. The van der Waals surface area contributed by atoms with Crippen LogP contribution in [0.25, 0.3) is 0 Å². The van der Waals surface area contributed by atoms with Gasteiger partial charge in [0.05, 0.1) is 0 Å². The fourth-order valence-corrected chi connectivity index (χ4v) is 3.92. The van der Waals surface area contributed by atoms with Gasteiger partial charge in [0.1, 0.15) is 11.4 Å². The van der Waals surface area contributed by atoms with Gasteiger partial charge in [-0.25, -0.2) is 0 Å². The molecule has 4 unspecified atom stereocenters. The van der Waals surface area contributed by atoms with Crippen LogP contribution in [0.15, 0.2) is 18.2 Å². The molecule has 104 valence electrons. The van der Waals surface area contributed by atoms with Crippen LogP contribution in [-0.4, -0.2) is 5.60 Å². The summed E-state index contributed by atoms with van der Waals surface area (Å²) in [7, 11) is 0. The number of hydrogen-bond donors (Lipinski definition) is 1. The molecule has 1 heterocycles. The molecule has 2 heteroatoms. The number of aryl methyl sites for hydroxylation is 1. The molecule has 1 saturated carbocycles. The van der Waals surface area contributed by atoms with E-state index in [0.29, 0.717) is 5.92 Å². The zero-order chi connectivity index (χ0) is 13.6. The van der Waals surface area contributed by atoms with Crippen molar-refractivity contribution in [2.45, 2.75) is 58.1 Å². The molecule has 0 saturated heterocycles. The Morgan fingerprint density at radius 2 is 2.11 bits per heavy atom. The third kappa shape index (κ3) is 2.16. The SMILES string of the molecule is Cc1ccc2c(c1)C(N)CC1(CCC(C)CC1C)O2. The first-order valence-corrected chi connectivity index (χ1v) is 7.55. The highest BCUT2D eigenvalue weighted by atomic mass is 16.5. The Morgan fingerprint density at radius 3 is 2.84 bits per heavy atom. The van der Waals surface area contributed by atoms with Crippen molar-refractivity contribution >= 4 is 0 Å². The van der Waals surface area contributed by atoms with E-state index in [0.717, 1.165) is 24.5 Å². The Morgan fingerprint density at radius 1 is 1.32 bits per heavy atom. The van der Waals surface area contributed by atoms with Crippen LogP contribution >= 0.6 is 0 Å². The molecule has 0 bridgehead atoms. The Bertz CT molecular complexity index is 484. The predicted octanol–water partition coefficient (Wildman–Crippen LogP) is 3.97. The molecule has 0 amide bonds. The van der Waals surface area contributed by atoms with E-state index in [1.807, 2.05) is 0 Å². The number of hydrogen-bond acceptors (Lipinski definition) is 2. The monoisotopic (exact) mass is 259 g/mol.